The van der Waals surface area contributed by atoms with Crippen LogP contribution in [-0.4, -0.2) is 29.9 Å². The fourth-order valence-electron chi connectivity index (χ4n) is 3.23. The van der Waals surface area contributed by atoms with Crippen LogP contribution in [0.2, 0.25) is 0 Å². The highest BCUT2D eigenvalue weighted by atomic mass is 16.5. The lowest BCUT2D eigenvalue weighted by atomic mass is 9.84. The van der Waals surface area contributed by atoms with Crippen LogP contribution in [0.4, 0.5) is 0 Å². The smallest absolute Gasteiger partial charge is 0.122 e. The molecule has 1 unspecified atom stereocenters. The molecule has 1 atom stereocenters. The molecule has 1 aromatic carbocycles. The number of benzene rings is 1. The second-order valence-electron chi connectivity index (χ2n) is 6.65. The van der Waals surface area contributed by atoms with Crippen LogP contribution in [-0.2, 0) is 6.42 Å². The standard InChI is InChI=1S/C19H31NO2/c1-3-22-18-10-6-5-9-17(18)12-11-16(2)20-15-19(21)13-7-4-8-14-19/h5-6,9-10,16,20-21H,3-4,7-8,11-15H2,1-2H3. The zero-order chi connectivity index (χ0) is 15.8. The van der Waals surface area contributed by atoms with Gasteiger partial charge in [0, 0.05) is 12.6 Å². The van der Waals surface area contributed by atoms with Crippen LogP contribution in [0.3, 0.4) is 0 Å². The Labute approximate surface area is 135 Å². The van der Waals surface area contributed by atoms with Gasteiger partial charge in [-0.1, -0.05) is 37.5 Å². The minimum absolute atomic E-state index is 0.403. The van der Waals surface area contributed by atoms with Crippen molar-refractivity contribution in [1.29, 1.82) is 0 Å². The summed E-state index contributed by atoms with van der Waals surface area (Å²) in [5.41, 5.74) is 0.796. The summed E-state index contributed by atoms with van der Waals surface area (Å²) in [5, 5.41) is 14.1. The van der Waals surface area contributed by atoms with Gasteiger partial charge < -0.3 is 15.2 Å². The normalized spacial score (nSPS) is 18.9. The third kappa shape index (κ3) is 5.29. The number of hydrogen-bond donors (Lipinski definition) is 2. The molecule has 3 nitrogen and oxygen atoms in total. The quantitative estimate of drug-likeness (QED) is 0.769. The first kappa shape index (κ1) is 17.3. The maximum atomic E-state index is 10.5. The van der Waals surface area contributed by atoms with Gasteiger partial charge in [0.2, 0.25) is 0 Å². The van der Waals surface area contributed by atoms with E-state index in [4.69, 9.17) is 4.74 Å². The van der Waals surface area contributed by atoms with Gasteiger partial charge in [0.25, 0.3) is 0 Å². The van der Waals surface area contributed by atoms with Crippen molar-refractivity contribution in [2.24, 2.45) is 0 Å². The van der Waals surface area contributed by atoms with Gasteiger partial charge in [-0.2, -0.15) is 0 Å². The molecule has 1 aliphatic rings. The van der Waals surface area contributed by atoms with Crippen molar-refractivity contribution < 1.29 is 9.84 Å². The van der Waals surface area contributed by atoms with Crippen LogP contribution in [0.25, 0.3) is 0 Å². The third-order valence-corrected chi connectivity index (χ3v) is 4.68. The molecule has 0 aliphatic heterocycles. The first-order chi connectivity index (χ1) is 10.6. The summed E-state index contributed by atoms with van der Waals surface area (Å²) in [5.74, 6) is 1.00. The van der Waals surface area contributed by atoms with Crippen molar-refractivity contribution in [1.82, 2.24) is 5.32 Å². The van der Waals surface area contributed by atoms with E-state index in [9.17, 15) is 5.11 Å². The minimum Gasteiger partial charge on any atom is -0.494 e. The number of nitrogens with one attached hydrogen (secondary N) is 1. The highest BCUT2D eigenvalue weighted by Crippen LogP contribution is 2.27. The number of aliphatic hydroxyl groups is 1. The maximum Gasteiger partial charge on any atom is 0.122 e. The van der Waals surface area contributed by atoms with Crippen LogP contribution >= 0.6 is 0 Å². The van der Waals surface area contributed by atoms with E-state index in [0.717, 1.165) is 50.8 Å². The minimum atomic E-state index is -0.476. The number of para-hydroxylation sites is 1. The summed E-state index contributed by atoms with van der Waals surface area (Å²) < 4.78 is 5.68. The average molecular weight is 305 g/mol. The molecule has 1 saturated carbocycles. The molecule has 3 heteroatoms. The monoisotopic (exact) mass is 305 g/mol. The van der Waals surface area contributed by atoms with Crippen molar-refractivity contribution in [2.75, 3.05) is 13.2 Å². The van der Waals surface area contributed by atoms with E-state index in [1.807, 2.05) is 19.1 Å². The van der Waals surface area contributed by atoms with Crippen LogP contribution in [0.1, 0.15) is 57.9 Å². The molecule has 0 radical (unpaired) electrons. The van der Waals surface area contributed by atoms with Crippen LogP contribution in [0.15, 0.2) is 24.3 Å². The molecule has 0 spiro atoms. The summed E-state index contributed by atoms with van der Waals surface area (Å²) >= 11 is 0. The van der Waals surface area contributed by atoms with Gasteiger partial charge in [-0.05, 0) is 51.2 Å². The molecular weight excluding hydrogens is 274 g/mol. The van der Waals surface area contributed by atoms with Gasteiger partial charge >= 0.3 is 0 Å². The predicted octanol–water partition coefficient (Wildman–Crippen LogP) is 3.69. The molecule has 0 bridgehead atoms. The lowest BCUT2D eigenvalue weighted by molar-refractivity contribution is 0.00287. The van der Waals surface area contributed by atoms with E-state index < -0.39 is 5.60 Å². The Morgan fingerprint density at radius 1 is 1.23 bits per heavy atom. The second-order valence-corrected chi connectivity index (χ2v) is 6.65. The largest absolute Gasteiger partial charge is 0.494 e. The fraction of sp³-hybridized carbons (Fsp3) is 0.684. The molecule has 2 N–H and O–H groups in total. The van der Waals surface area contributed by atoms with Crippen LogP contribution in [0, 0.1) is 0 Å². The third-order valence-electron chi connectivity index (χ3n) is 4.68. The molecule has 1 fully saturated rings. The second kappa shape index (κ2) is 8.54. The Hall–Kier alpha value is -1.06. The van der Waals surface area contributed by atoms with Crippen molar-refractivity contribution in [2.45, 2.75) is 70.4 Å². The Balaban J connectivity index is 1.76. The SMILES string of the molecule is CCOc1ccccc1CCC(C)NCC1(O)CCCCC1. The zero-order valence-electron chi connectivity index (χ0n) is 14.1. The fourth-order valence-corrected chi connectivity index (χ4v) is 3.23. The number of rotatable bonds is 8. The van der Waals surface area contributed by atoms with E-state index in [1.54, 1.807) is 0 Å². The molecule has 22 heavy (non-hydrogen) atoms. The first-order valence-corrected chi connectivity index (χ1v) is 8.79. The van der Waals surface area contributed by atoms with Crippen molar-refractivity contribution in [3.63, 3.8) is 0 Å². The summed E-state index contributed by atoms with van der Waals surface area (Å²) in [7, 11) is 0. The van der Waals surface area contributed by atoms with Crippen LogP contribution in [0.5, 0.6) is 5.75 Å². The number of aryl methyl sites for hydroxylation is 1. The maximum absolute atomic E-state index is 10.5. The Bertz CT molecular complexity index is 441. The molecule has 1 aliphatic carbocycles. The highest BCUT2D eigenvalue weighted by molar-refractivity contribution is 5.33. The number of hydrogen-bond acceptors (Lipinski definition) is 3. The lowest BCUT2D eigenvalue weighted by Gasteiger charge is -2.33. The molecule has 124 valence electrons. The molecule has 0 aromatic heterocycles. The van der Waals surface area contributed by atoms with E-state index in [2.05, 4.69) is 24.4 Å². The molecule has 0 saturated heterocycles. The molecule has 0 amide bonds. The summed E-state index contributed by atoms with van der Waals surface area (Å²) in [6, 6.07) is 8.68. The first-order valence-electron chi connectivity index (χ1n) is 8.79. The molecule has 2 rings (SSSR count). The van der Waals surface area contributed by atoms with E-state index in [1.165, 1.54) is 12.0 Å². The van der Waals surface area contributed by atoms with Crippen LogP contribution < -0.4 is 10.1 Å². The Kier molecular flexibility index (Phi) is 6.71. The van der Waals surface area contributed by atoms with Gasteiger partial charge in [-0.15, -0.1) is 0 Å². The van der Waals surface area contributed by atoms with E-state index in [0.29, 0.717) is 12.6 Å². The van der Waals surface area contributed by atoms with Gasteiger partial charge in [-0.3, -0.25) is 0 Å². The van der Waals surface area contributed by atoms with Gasteiger partial charge in [0.05, 0.1) is 12.2 Å². The van der Waals surface area contributed by atoms with E-state index in [-0.39, 0.29) is 0 Å². The van der Waals surface area contributed by atoms with Gasteiger partial charge in [0.15, 0.2) is 0 Å². The van der Waals surface area contributed by atoms with Crippen molar-refractivity contribution >= 4 is 0 Å². The Morgan fingerprint density at radius 3 is 2.68 bits per heavy atom. The summed E-state index contributed by atoms with van der Waals surface area (Å²) in [6.07, 6.45) is 7.54. The average Bonchev–Trinajstić information content (AvgIpc) is 2.53. The van der Waals surface area contributed by atoms with Crippen molar-refractivity contribution in [3.8, 4) is 5.75 Å². The lowest BCUT2D eigenvalue weighted by Crippen LogP contribution is -2.45. The molecular formula is C19H31NO2. The Morgan fingerprint density at radius 2 is 1.95 bits per heavy atom. The predicted molar refractivity (Wildman–Crippen MR) is 91.4 cm³/mol. The molecule has 1 aromatic rings. The number of ether oxygens (including phenoxy) is 1. The van der Waals surface area contributed by atoms with Gasteiger partial charge in [0.1, 0.15) is 5.75 Å². The van der Waals surface area contributed by atoms with E-state index >= 15 is 0 Å². The van der Waals surface area contributed by atoms with Gasteiger partial charge in [-0.25, -0.2) is 0 Å². The topological polar surface area (TPSA) is 41.5 Å². The summed E-state index contributed by atoms with van der Waals surface area (Å²) in [6.45, 7) is 5.65. The van der Waals surface area contributed by atoms with Crippen molar-refractivity contribution in [3.05, 3.63) is 29.8 Å². The highest BCUT2D eigenvalue weighted by Gasteiger charge is 2.28. The zero-order valence-corrected chi connectivity index (χ0v) is 14.1. The summed E-state index contributed by atoms with van der Waals surface area (Å²) in [4.78, 5) is 0. The molecule has 0 heterocycles.